The van der Waals surface area contributed by atoms with E-state index in [-0.39, 0.29) is 36.3 Å². The van der Waals surface area contributed by atoms with Crippen LogP contribution in [0, 0.1) is 29.1 Å². The highest BCUT2D eigenvalue weighted by atomic mass is 17.2. The maximum atomic E-state index is 12.8. The molecule has 4 aliphatic rings. The molecule has 0 saturated heterocycles. The standard InChI is InChI=1S/C33H56O11/c1-33(2,21-40-26-10-14-28(15-11-26)44-42-19-23-6-4-3-5-22(23)18-41-38)20-39-25-8-12-27(13-9-25)43-32(37)30-17-24(34)7-16-29(30)31(35)36/h22-30,34,38H,3-21H2,1-2H3,(H,35,36). The molecule has 0 amide bonds. The van der Waals surface area contributed by atoms with Crippen LogP contribution in [0.2, 0.25) is 0 Å². The van der Waals surface area contributed by atoms with Gasteiger partial charge in [-0.15, -0.1) is 0 Å². The van der Waals surface area contributed by atoms with Gasteiger partial charge in [0.05, 0.1) is 62.7 Å². The van der Waals surface area contributed by atoms with E-state index in [1.165, 1.54) is 12.8 Å². The van der Waals surface area contributed by atoms with Crippen molar-refractivity contribution in [1.29, 1.82) is 0 Å². The SMILES string of the molecule is CC(C)(COC1CCC(OOCC2CCCCC2COO)CC1)COC1CCC(OC(=O)C2CC(O)CCC2C(=O)O)CC1. The van der Waals surface area contributed by atoms with E-state index in [4.69, 9.17) is 29.2 Å². The number of carboxylic acid groups (broad SMARTS) is 1. The van der Waals surface area contributed by atoms with Crippen LogP contribution >= 0.6 is 0 Å². The Kier molecular flexibility index (Phi) is 14.2. The van der Waals surface area contributed by atoms with E-state index in [1.807, 2.05) is 0 Å². The molecule has 4 saturated carbocycles. The van der Waals surface area contributed by atoms with E-state index in [0.29, 0.717) is 63.9 Å². The van der Waals surface area contributed by atoms with Crippen molar-refractivity contribution in [3.8, 4) is 0 Å². The molecule has 0 aromatic rings. The molecule has 44 heavy (non-hydrogen) atoms. The fourth-order valence-electron chi connectivity index (χ4n) is 7.34. The molecular formula is C33H56O11. The maximum absolute atomic E-state index is 12.8. The Balaban J connectivity index is 1.06. The number of esters is 1. The van der Waals surface area contributed by atoms with Gasteiger partial charge < -0.3 is 24.4 Å². The van der Waals surface area contributed by atoms with Gasteiger partial charge in [0.25, 0.3) is 0 Å². The van der Waals surface area contributed by atoms with Gasteiger partial charge in [-0.25, -0.2) is 14.7 Å². The lowest BCUT2D eigenvalue weighted by atomic mass is 9.78. The number of rotatable bonds is 15. The number of aliphatic hydroxyl groups is 1. The van der Waals surface area contributed by atoms with Gasteiger partial charge in [0.15, 0.2) is 0 Å². The molecule has 0 spiro atoms. The van der Waals surface area contributed by atoms with Gasteiger partial charge in [-0.2, -0.15) is 0 Å². The van der Waals surface area contributed by atoms with E-state index >= 15 is 0 Å². The zero-order chi connectivity index (χ0) is 31.5. The largest absolute Gasteiger partial charge is 0.481 e. The van der Waals surface area contributed by atoms with E-state index in [2.05, 4.69) is 18.7 Å². The Hall–Kier alpha value is -1.34. The Labute approximate surface area is 262 Å². The van der Waals surface area contributed by atoms with Crippen LogP contribution in [0.1, 0.15) is 110 Å². The number of hydrogen-bond donors (Lipinski definition) is 3. The zero-order valence-corrected chi connectivity index (χ0v) is 26.7. The van der Waals surface area contributed by atoms with Gasteiger partial charge in [0.1, 0.15) is 6.10 Å². The minimum Gasteiger partial charge on any atom is -0.481 e. The highest BCUT2D eigenvalue weighted by Crippen LogP contribution is 2.34. The van der Waals surface area contributed by atoms with Crippen molar-refractivity contribution >= 4 is 11.9 Å². The number of hydrogen-bond acceptors (Lipinski definition) is 10. The van der Waals surface area contributed by atoms with Crippen LogP contribution < -0.4 is 0 Å². The molecule has 4 fully saturated rings. The van der Waals surface area contributed by atoms with Gasteiger partial charge >= 0.3 is 11.9 Å². The molecule has 4 aliphatic carbocycles. The van der Waals surface area contributed by atoms with E-state index in [0.717, 1.165) is 51.4 Å². The Bertz CT molecular complexity index is 864. The lowest BCUT2D eigenvalue weighted by Crippen LogP contribution is -2.40. The highest BCUT2D eigenvalue weighted by Gasteiger charge is 2.41. The summed E-state index contributed by atoms with van der Waals surface area (Å²) in [7, 11) is 0. The quantitative estimate of drug-likeness (QED) is 0.123. The summed E-state index contributed by atoms with van der Waals surface area (Å²) < 4.78 is 18.3. The molecule has 3 N–H and O–H groups in total. The topological polar surface area (TPSA) is 150 Å². The number of aliphatic carboxylic acids is 1. The summed E-state index contributed by atoms with van der Waals surface area (Å²) >= 11 is 0. The molecule has 11 nitrogen and oxygen atoms in total. The Morgan fingerprint density at radius 2 is 1.25 bits per heavy atom. The minimum atomic E-state index is -0.996. The second-order valence-electron chi connectivity index (χ2n) is 14.5. The number of aliphatic hydroxyl groups excluding tert-OH is 1. The van der Waals surface area contributed by atoms with Crippen LogP contribution in [-0.2, 0) is 38.5 Å². The monoisotopic (exact) mass is 628 g/mol. The molecule has 0 radical (unpaired) electrons. The minimum absolute atomic E-state index is 0.0876. The maximum Gasteiger partial charge on any atom is 0.310 e. The first kappa shape index (κ1) is 35.5. The lowest BCUT2D eigenvalue weighted by Gasteiger charge is -2.35. The molecule has 0 aliphatic heterocycles. The average molecular weight is 629 g/mol. The molecule has 5 unspecified atom stereocenters. The van der Waals surface area contributed by atoms with Crippen molar-refractivity contribution in [3.05, 3.63) is 0 Å². The van der Waals surface area contributed by atoms with E-state index < -0.39 is 29.9 Å². The molecule has 0 heterocycles. The van der Waals surface area contributed by atoms with E-state index in [9.17, 15) is 19.8 Å². The summed E-state index contributed by atoms with van der Waals surface area (Å²) in [5.74, 6) is -2.37. The molecule has 5 atom stereocenters. The Morgan fingerprint density at radius 3 is 1.82 bits per heavy atom. The predicted molar refractivity (Wildman–Crippen MR) is 159 cm³/mol. The van der Waals surface area contributed by atoms with Gasteiger partial charge in [0, 0.05) is 5.41 Å². The number of carbonyl (C=O) groups is 2. The fourth-order valence-corrected chi connectivity index (χ4v) is 7.34. The first-order chi connectivity index (χ1) is 21.1. The second-order valence-corrected chi connectivity index (χ2v) is 14.5. The summed E-state index contributed by atoms with van der Waals surface area (Å²) in [4.78, 5) is 40.1. The summed E-state index contributed by atoms with van der Waals surface area (Å²) in [5, 5.41) is 28.3. The van der Waals surface area contributed by atoms with Crippen molar-refractivity contribution in [2.24, 2.45) is 29.1 Å². The smallest absolute Gasteiger partial charge is 0.310 e. The third-order valence-corrected chi connectivity index (χ3v) is 10.2. The average Bonchev–Trinajstić information content (AvgIpc) is 3.01. The zero-order valence-electron chi connectivity index (χ0n) is 26.7. The summed E-state index contributed by atoms with van der Waals surface area (Å²) in [6, 6.07) is 0. The van der Waals surface area contributed by atoms with Crippen molar-refractivity contribution in [2.75, 3.05) is 26.4 Å². The van der Waals surface area contributed by atoms with Crippen LogP contribution in [0.3, 0.4) is 0 Å². The molecular weight excluding hydrogens is 572 g/mol. The third-order valence-electron chi connectivity index (χ3n) is 10.2. The number of carboxylic acids is 1. The summed E-state index contributed by atoms with van der Waals surface area (Å²) in [6.07, 6.45) is 11.5. The summed E-state index contributed by atoms with van der Waals surface area (Å²) in [5.41, 5.74) is -0.137. The van der Waals surface area contributed by atoms with Gasteiger partial charge in [-0.3, -0.25) is 14.8 Å². The van der Waals surface area contributed by atoms with Crippen LogP contribution in [0.25, 0.3) is 0 Å². The van der Waals surface area contributed by atoms with Crippen LogP contribution in [0.5, 0.6) is 0 Å². The molecule has 0 bridgehead atoms. The van der Waals surface area contributed by atoms with Crippen molar-refractivity contribution in [1.82, 2.24) is 0 Å². The predicted octanol–water partition coefficient (Wildman–Crippen LogP) is 5.32. The van der Waals surface area contributed by atoms with Crippen LogP contribution in [-0.4, -0.2) is 84.4 Å². The van der Waals surface area contributed by atoms with Gasteiger partial charge in [0.2, 0.25) is 0 Å². The Morgan fingerprint density at radius 1 is 0.705 bits per heavy atom. The number of carbonyl (C=O) groups excluding carboxylic acids is 1. The molecule has 0 aromatic heterocycles. The van der Waals surface area contributed by atoms with Gasteiger partial charge in [-0.05, 0) is 95.3 Å². The second kappa shape index (κ2) is 17.5. The van der Waals surface area contributed by atoms with Crippen LogP contribution in [0.15, 0.2) is 0 Å². The van der Waals surface area contributed by atoms with Crippen molar-refractivity contribution in [2.45, 2.75) is 141 Å². The summed E-state index contributed by atoms with van der Waals surface area (Å²) in [6.45, 7) is 6.41. The third kappa shape index (κ3) is 11.2. The lowest BCUT2D eigenvalue weighted by molar-refractivity contribution is -0.340. The first-order valence-corrected chi connectivity index (χ1v) is 17.0. The molecule has 11 heteroatoms. The normalized spacial score (nSPS) is 35.2. The number of ether oxygens (including phenoxy) is 3. The first-order valence-electron chi connectivity index (χ1n) is 17.0. The van der Waals surface area contributed by atoms with Crippen LogP contribution in [0.4, 0.5) is 0 Å². The van der Waals surface area contributed by atoms with Crippen molar-refractivity contribution in [3.63, 3.8) is 0 Å². The van der Waals surface area contributed by atoms with E-state index in [1.54, 1.807) is 0 Å². The van der Waals surface area contributed by atoms with Crippen molar-refractivity contribution < 1.29 is 53.9 Å². The van der Waals surface area contributed by atoms with Gasteiger partial charge in [-0.1, -0.05) is 26.7 Å². The fraction of sp³-hybridized carbons (Fsp3) is 0.939. The highest BCUT2D eigenvalue weighted by molar-refractivity contribution is 5.81. The molecule has 254 valence electrons. The molecule has 4 rings (SSSR count). The molecule has 0 aromatic carbocycles.